The minimum Gasteiger partial charge on any atom is -0.357 e. The number of nitrogens with one attached hydrogen (secondary N) is 2. The number of hydrogen-bond donors (Lipinski definition) is 2. The summed E-state index contributed by atoms with van der Waals surface area (Å²) in [6.45, 7) is -0.386. The summed E-state index contributed by atoms with van der Waals surface area (Å²) in [5, 5.41) is 2.26. The molecule has 5 nitrogen and oxygen atoms in total. The summed E-state index contributed by atoms with van der Waals surface area (Å²) in [6, 6.07) is 3.60. The van der Waals surface area contributed by atoms with Gasteiger partial charge in [-0.25, -0.2) is 5.48 Å². The minimum absolute atomic E-state index is 0.00935. The van der Waals surface area contributed by atoms with Crippen LogP contribution >= 0.6 is 0 Å². The van der Waals surface area contributed by atoms with Crippen molar-refractivity contribution in [3.8, 4) is 0 Å². The molecule has 0 fully saturated rings. The van der Waals surface area contributed by atoms with E-state index < -0.39 is 23.6 Å². The van der Waals surface area contributed by atoms with Crippen molar-refractivity contribution in [3.63, 3.8) is 0 Å². The predicted octanol–water partition coefficient (Wildman–Crippen LogP) is 1.11. The number of hydrogen-bond acceptors (Lipinski definition) is 3. The van der Waals surface area contributed by atoms with Gasteiger partial charge < -0.3 is 5.32 Å². The van der Waals surface area contributed by atoms with Gasteiger partial charge in [-0.15, -0.1) is 0 Å². The van der Waals surface area contributed by atoms with E-state index in [-0.39, 0.29) is 12.2 Å². The first-order valence-corrected chi connectivity index (χ1v) is 5.14. The molecule has 19 heavy (non-hydrogen) atoms. The number of hydroxylamine groups is 1. The molecule has 1 aromatic carbocycles. The molecule has 0 aliphatic rings. The van der Waals surface area contributed by atoms with Gasteiger partial charge in [-0.05, 0) is 24.3 Å². The fraction of sp³-hybridized carbons (Fsp3) is 0.273. The van der Waals surface area contributed by atoms with Crippen molar-refractivity contribution in [2.75, 3.05) is 13.7 Å². The fourth-order valence-corrected chi connectivity index (χ4v) is 1.11. The maximum absolute atomic E-state index is 12.3. The van der Waals surface area contributed by atoms with E-state index in [2.05, 4.69) is 10.2 Å². The lowest BCUT2D eigenvalue weighted by Gasteiger charge is -2.08. The molecule has 0 aliphatic carbocycles. The van der Waals surface area contributed by atoms with Gasteiger partial charge in [-0.2, -0.15) is 13.2 Å². The number of carbonyl (C=O) groups excluding carboxylic acids is 2. The summed E-state index contributed by atoms with van der Waals surface area (Å²) in [4.78, 5) is 26.8. The molecule has 2 N–H and O–H groups in total. The predicted molar refractivity (Wildman–Crippen MR) is 58.9 cm³/mol. The van der Waals surface area contributed by atoms with Gasteiger partial charge in [-0.3, -0.25) is 14.4 Å². The molecule has 104 valence electrons. The Morgan fingerprint density at radius 3 is 2.26 bits per heavy atom. The molecule has 0 saturated carbocycles. The Kier molecular flexibility index (Phi) is 4.87. The Bertz CT molecular complexity index is 457. The van der Waals surface area contributed by atoms with Crippen molar-refractivity contribution in [3.05, 3.63) is 35.4 Å². The largest absolute Gasteiger partial charge is 0.416 e. The molecule has 1 rings (SSSR count). The highest BCUT2D eigenvalue weighted by atomic mass is 19.4. The van der Waals surface area contributed by atoms with Crippen LogP contribution in [0.5, 0.6) is 0 Å². The van der Waals surface area contributed by atoms with Crippen molar-refractivity contribution in [1.82, 2.24) is 10.8 Å². The summed E-state index contributed by atoms with van der Waals surface area (Å²) in [7, 11) is 1.39. The Balaban J connectivity index is 2.56. The summed E-state index contributed by atoms with van der Waals surface area (Å²) < 4.78 is 36.8. The molecule has 0 aromatic heterocycles. The number of alkyl halides is 3. The number of benzene rings is 1. The van der Waals surface area contributed by atoms with E-state index in [1.54, 1.807) is 0 Å². The Morgan fingerprint density at radius 2 is 1.79 bits per heavy atom. The van der Waals surface area contributed by atoms with Gasteiger partial charge in [0, 0.05) is 12.6 Å². The molecule has 0 unspecified atom stereocenters. The highest BCUT2D eigenvalue weighted by molar-refractivity contribution is 5.93. The minimum atomic E-state index is -4.45. The Morgan fingerprint density at radius 1 is 1.21 bits per heavy atom. The summed E-state index contributed by atoms with van der Waals surface area (Å²) in [5.41, 5.74) is 1.08. The lowest BCUT2D eigenvalue weighted by atomic mass is 10.1. The SMILES string of the molecule is CNC(=O)CONC(=O)c1ccc(C(F)(F)F)cc1. The van der Waals surface area contributed by atoms with Crippen LogP contribution in [-0.4, -0.2) is 25.5 Å². The van der Waals surface area contributed by atoms with E-state index in [1.807, 2.05) is 5.48 Å². The van der Waals surface area contributed by atoms with Crippen molar-refractivity contribution < 1.29 is 27.6 Å². The maximum Gasteiger partial charge on any atom is 0.416 e. The van der Waals surface area contributed by atoms with Crippen molar-refractivity contribution in [2.24, 2.45) is 0 Å². The summed E-state index contributed by atoms with van der Waals surface area (Å²) in [6.07, 6.45) is -4.45. The van der Waals surface area contributed by atoms with Crippen LogP contribution in [0.25, 0.3) is 0 Å². The lowest BCUT2D eigenvalue weighted by Crippen LogP contribution is -2.31. The van der Waals surface area contributed by atoms with E-state index >= 15 is 0 Å². The first-order chi connectivity index (χ1) is 8.84. The average Bonchev–Trinajstić information content (AvgIpc) is 2.37. The third-order valence-electron chi connectivity index (χ3n) is 2.12. The van der Waals surface area contributed by atoms with Gasteiger partial charge >= 0.3 is 6.18 Å². The van der Waals surface area contributed by atoms with Crippen LogP contribution in [0.4, 0.5) is 13.2 Å². The van der Waals surface area contributed by atoms with Gasteiger partial charge in [0.1, 0.15) is 0 Å². The zero-order valence-corrected chi connectivity index (χ0v) is 9.88. The molecule has 2 amide bonds. The number of likely N-dealkylation sites (N-methyl/N-ethyl adjacent to an activating group) is 1. The van der Waals surface area contributed by atoms with Crippen LogP contribution in [0.1, 0.15) is 15.9 Å². The molecule has 0 radical (unpaired) electrons. The monoisotopic (exact) mass is 276 g/mol. The lowest BCUT2D eigenvalue weighted by molar-refractivity contribution is -0.137. The molecule has 0 heterocycles. The van der Waals surface area contributed by atoms with Gasteiger partial charge in [0.05, 0.1) is 5.56 Å². The van der Waals surface area contributed by atoms with Crippen molar-refractivity contribution in [1.29, 1.82) is 0 Å². The molecule has 1 aromatic rings. The van der Waals surface area contributed by atoms with Crippen molar-refractivity contribution in [2.45, 2.75) is 6.18 Å². The van der Waals surface area contributed by atoms with Crippen LogP contribution in [0, 0.1) is 0 Å². The van der Waals surface area contributed by atoms with E-state index in [0.717, 1.165) is 24.3 Å². The topological polar surface area (TPSA) is 67.4 Å². The molecule has 0 atom stereocenters. The number of carbonyl (C=O) groups is 2. The molecule has 0 bridgehead atoms. The van der Waals surface area contributed by atoms with Crippen molar-refractivity contribution >= 4 is 11.8 Å². The second kappa shape index (κ2) is 6.19. The highest BCUT2D eigenvalue weighted by Gasteiger charge is 2.30. The second-order valence-corrected chi connectivity index (χ2v) is 3.47. The first-order valence-electron chi connectivity index (χ1n) is 5.14. The van der Waals surface area contributed by atoms with Gasteiger partial charge in [0.15, 0.2) is 6.61 Å². The normalized spacial score (nSPS) is 10.9. The van der Waals surface area contributed by atoms with Crippen LogP contribution in [0.3, 0.4) is 0 Å². The fourth-order valence-electron chi connectivity index (χ4n) is 1.11. The first kappa shape index (κ1) is 15.0. The molecule has 0 saturated heterocycles. The molecular formula is C11H11F3N2O3. The zero-order chi connectivity index (χ0) is 14.5. The third kappa shape index (κ3) is 4.59. The van der Waals surface area contributed by atoms with Gasteiger partial charge in [-0.1, -0.05) is 0 Å². The van der Waals surface area contributed by atoms with E-state index in [9.17, 15) is 22.8 Å². The highest BCUT2D eigenvalue weighted by Crippen LogP contribution is 2.28. The van der Waals surface area contributed by atoms with Crippen LogP contribution in [-0.2, 0) is 15.8 Å². The zero-order valence-electron chi connectivity index (χ0n) is 9.88. The maximum atomic E-state index is 12.3. The second-order valence-electron chi connectivity index (χ2n) is 3.47. The van der Waals surface area contributed by atoms with E-state index in [1.165, 1.54) is 7.05 Å². The number of amides is 2. The molecular weight excluding hydrogens is 265 g/mol. The standard InChI is InChI=1S/C11H11F3N2O3/c1-15-9(17)6-19-16-10(18)7-2-4-8(5-3-7)11(12,13)14/h2-5H,6H2,1H3,(H,15,17)(H,16,18). The molecule has 0 aliphatic heterocycles. The Labute approximate surface area is 106 Å². The van der Waals surface area contributed by atoms with E-state index in [4.69, 9.17) is 0 Å². The molecule has 0 spiro atoms. The van der Waals surface area contributed by atoms with Crippen LogP contribution in [0.15, 0.2) is 24.3 Å². The number of rotatable bonds is 4. The van der Waals surface area contributed by atoms with Crippen LogP contribution < -0.4 is 10.8 Å². The third-order valence-corrected chi connectivity index (χ3v) is 2.12. The smallest absolute Gasteiger partial charge is 0.357 e. The summed E-state index contributed by atoms with van der Waals surface area (Å²) in [5.74, 6) is -1.19. The number of halogens is 3. The van der Waals surface area contributed by atoms with E-state index in [0.29, 0.717) is 0 Å². The quantitative estimate of drug-likeness (QED) is 0.810. The molecule has 8 heteroatoms. The average molecular weight is 276 g/mol. The Hall–Kier alpha value is -2.09. The summed E-state index contributed by atoms with van der Waals surface area (Å²) >= 11 is 0. The van der Waals surface area contributed by atoms with Crippen LogP contribution in [0.2, 0.25) is 0 Å². The van der Waals surface area contributed by atoms with Gasteiger partial charge in [0.2, 0.25) is 5.91 Å². The van der Waals surface area contributed by atoms with Gasteiger partial charge in [0.25, 0.3) is 5.91 Å².